The van der Waals surface area contributed by atoms with Crippen molar-refractivity contribution in [1.29, 1.82) is 0 Å². The Hall–Kier alpha value is -2.34. The van der Waals surface area contributed by atoms with Gasteiger partial charge in [0, 0.05) is 30.2 Å². The van der Waals surface area contributed by atoms with Crippen LogP contribution in [0, 0.1) is 0 Å². The van der Waals surface area contributed by atoms with Crippen molar-refractivity contribution in [2.24, 2.45) is 0 Å². The van der Waals surface area contributed by atoms with Crippen molar-refractivity contribution in [1.82, 2.24) is 14.9 Å². The molecule has 0 fully saturated rings. The first kappa shape index (κ1) is 15.6. The largest absolute Gasteiger partial charge is 0.469 e. The number of aryl methyl sites for hydroxylation is 1. The highest BCUT2D eigenvalue weighted by Gasteiger charge is 2.11. The van der Waals surface area contributed by atoms with Crippen molar-refractivity contribution in [3.8, 4) is 5.13 Å². The molecule has 1 amide bonds. The van der Waals surface area contributed by atoms with E-state index in [1.807, 2.05) is 53.5 Å². The third kappa shape index (κ3) is 4.32. The van der Waals surface area contributed by atoms with Gasteiger partial charge in [-0.3, -0.25) is 4.79 Å². The number of furan rings is 1. The third-order valence-corrected chi connectivity index (χ3v) is 4.42. The van der Waals surface area contributed by atoms with Crippen molar-refractivity contribution >= 4 is 17.2 Å². The molecule has 3 heterocycles. The summed E-state index contributed by atoms with van der Waals surface area (Å²) in [5.41, 5.74) is 0.800. The second-order valence-electron chi connectivity index (χ2n) is 5.48. The summed E-state index contributed by atoms with van der Waals surface area (Å²) in [4.78, 5) is 16.6. The van der Waals surface area contributed by atoms with Gasteiger partial charge in [-0.1, -0.05) is 0 Å². The molecule has 0 aliphatic heterocycles. The van der Waals surface area contributed by atoms with Crippen molar-refractivity contribution in [2.45, 2.75) is 32.2 Å². The standard InChI is InChI=1S/C17H19N3O2S/c1-13(6-7-15-5-4-10-22-15)18-16(21)11-14-12-23-17(19-14)20-8-2-3-9-20/h2-5,8-10,12-13H,6-7,11H2,1H3,(H,18,21). The zero-order valence-electron chi connectivity index (χ0n) is 12.9. The Balaban J connectivity index is 1.47. The van der Waals surface area contributed by atoms with Crippen molar-refractivity contribution in [2.75, 3.05) is 0 Å². The van der Waals surface area contributed by atoms with E-state index in [2.05, 4.69) is 10.3 Å². The molecule has 3 aromatic rings. The molecule has 0 aliphatic rings. The predicted molar refractivity (Wildman–Crippen MR) is 89.8 cm³/mol. The van der Waals surface area contributed by atoms with Crippen LogP contribution < -0.4 is 5.32 Å². The second-order valence-corrected chi connectivity index (χ2v) is 6.31. The highest BCUT2D eigenvalue weighted by Crippen LogP contribution is 2.15. The summed E-state index contributed by atoms with van der Waals surface area (Å²) < 4.78 is 7.24. The summed E-state index contributed by atoms with van der Waals surface area (Å²) in [5, 5.41) is 5.82. The number of rotatable bonds is 7. The Labute approximate surface area is 139 Å². The summed E-state index contributed by atoms with van der Waals surface area (Å²) in [7, 11) is 0. The minimum absolute atomic E-state index is 0.00120. The monoisotopic (exact) mass is 329 g/mol. The minimum Gasteiger partial charge on any atom is -0.469 e. The summed E-state index contributed by atoms with van der Waals surface area (Å²) in [5.74, 6) is 0.947. The lowest BCUT2D eigenvalue weighted by molar-refractivity contribution is -0.121. The van der Waals surface area contributed by atoms with Crippen LogP contribution >= 0.6 is 11.3 Å². The highest BCUT2D eigenvalue weighted by atomic mass is 32.1. The molecule has 0 saturated heterocycles. The molecule has 6 heteroatoms. The van der Waals surface area contributed by atoms with Crippen molar-refractivity contribution in [3.05, 3.63) is 59.8 Å². The number of nitrogens with zero attached hydrogens (tertiary/aromatic N) is 2. The predicted octanol–water partition coefficient (Wildman–Crippen LogP) is 3.21. The van der Waals surface area contributed by atoms with E-state index < -0.39 is 0 Å². The number of aromatic nitrogens is 2. The minimum atomic E-state index is 0.00120. The number of hydrogen-bond acceptors (Lipinski definition) is 4. The highest BCUT2D eigenvalue weighted by molar-refractivity contribution is 7.12. The molecular formula is C17H19N3O2S. The Bertz CT molecular complexity index is 732. The fraction of sp³-hybridized carbons (Fsp3) is 0.294. The van der Waals surface area contributed by atoms with Crippen LogP contribution in [0.2, 0.25) is 0 Å². The van der Waals surface area contributed by atoms with Gasteiger partial charge < -0.3 is 14.3 Å². The summed E-state index contributed by atoms with van der Waals surface area (Å²) in [6.07, 6.45) is 7.54. The molecule has 1 atom stereocenters. The molecule has 120 valence electrons. The van der Waals surface area contributed by atoms with Gasteiger partial charge in [-0.25, -0.2) is 4.98 Å². The summed E-state index contributed by atoms with van der Waals surface area (Å²) in [6.45, 7) is 2.01. The van der Waals surface area contributed by atoms with E-state index in [4.69, 9.17) is 4.42 Å². The lowest BCUT2D eigenvalue weighted by atomic mass is 10.1. The molecular weight excluding hydrogens is 310 g/mol. The zero-order chi connectivity index (χ0) is 16.1. The van der Waals surface area contributed by atoms with Gasteiger partial charge in [-0.2, -0.15) is 0 Å². The van der Waals surface area contributed by atoms with Crippen LogP contribution in [0.25, 0.3) is 5.13 Å². The number of carbonyl (C=O) groups is 1. The summed E-state index contributed by atoms with van der Waals surface area (Å²) in [6, 6.07) is 7.84. The SMILES string of the molecule is CC(CCc1ccco1)NC(=O)Cc1csc(-n2cccc2)n1. The average molecular weight is 329 g/mol. The molecule has 23 heavy (non-hydrogen) atoms. The molecule has 0 saturated carbocycles. The Morgan fingerprint density at radius 2 is 2.22 bits per heavy atom. The first-order valence-corrected chi connectivity index (χ1v) is 8.48. The molecule has 0 aliphatic carbocycles. The third-order valence-electron chi connectivity index (χ3n) is 3.52. The smallest absolute Gasteiger partial charge is 0.226 e. The topological polar surface area (TPSA) is 60.1 Å². The van der Waals surface area contributed by atoms with Crippen LogP contribution in [0.1, 0.15) is 24.8 Å². The van der Waals surface area contributed by atoms with Crippen LogP contribution in [-0.4, -0.2) is 21.5 Å². The fourth-order valence-corrected chi connectivity index (χ4v) is 3.13. The van der Waals surface area contributed by atoms with Crippen molar-refractivity contribution < 1.29 is 9.21 Å². The maximum atomic E-state index is 12.1. The summed E-state index contributed by atoms with van der Waals surface area (Å²) >= 11 is 1.54. The van der Waals surface area contributed by atoms with Crippen LogP contribution in [0.3, 0.4) is 0 Å². The van der Waals surface area contributed by atoms with Crippen LogP contribution in [0.15, 0.2) is 52.7 Å². The van der Waals surface area contributed by atoms with Crippen LogP contribution in [0.5, 0.6) is 0 Å². The molecule has 0 aromatic carbocycles. The van der Waals surface area contributed by atoms with Crippen molar-refractivity contribution in [3.63, 3.8) is 0 Å². The maximum Gasteiger partial charge on any atom is 0.226 e. The van der Waals surface area contributed by atoms with E-state index in [0.29, 0.717) is 6.42 Å². The Morgan fingerprint density at radius 3 is 2.96 bits per heavy atom. The quantitative estimate of drug-likeness (QED) is 0.724. The number of nitrogens with one attached hydrogen (secondary N) is 1. The molecule has 0 radical (unpaired) electrons. The zero-order valence-corrected chi connectivity index (χ0v) is 13.8. The van der Waals surface area contributed by atoms with Gasteiger partial charge in [0.05, 0.1) is 18.4 Å². The van der Waals surface area contributed by atoms with E-state index in [-0.39, 0.29) is 11.9 Å². The first-order valence-electron chi connectivity index (χ1n) is 7.60. The molecule has 3 rings (SSSR count). The maximum absolute atomic E-state index is 12.1. The lowest BCUT2D eigenvalue weighted by Crippen LogP contribution is -2.34. The first-order chi connectivity index (χ1) is 11.2. The Morgan fingerprint density at radius 1 is 1.39 bits per heavy atom. The molecule has 5 nitrogen and oxygen atoms in total. The second kappa shape index (κ2) is 7.28. The van der Waals surface area contributed by atoms with Gasteiger partial charge in [0.15, 0.2) is 5.13 Å². The fourth-order valence-electron chi connectivity index (χ4n) is 2.33. The van der Waals surface area contributed by atoms with Gasteiger partial charge >= 0.3 is 0 Å². The van der Waals surface area contributed by atoms with Gasteiger partial charge in [-0.15, -0.1) is 11.3 Å². The molecule has 1 unspecified atom stereocenters. The Kier molecular flexibility index (Phi) is 4.92. The number of amides is 1. The normalized spacial score (nSPS) is 12.2. The van der Waals surface area contributed by atoms with Gasteiger partial charge in [0.1, 0.15) is 5.76 Å². The average Bonchev–Trinajstić information content (AvgIpc) is 3.26. The van der Waals surface area contributed by atoms with Crippen LogP contribution in [0.4, 0.5) is 0 Å². The molecule has 0 spiro atoms. The van der Waals surface area contributed by atoms with E-state index in [9.17, 15) is 4.79 Å². The molecule has 3 aromatic heterocycles. The molecule has 1 N–H and O–H groups in total. The van der Waals surface area contributed by atoms with E-state index in [0.717, 1.165) is 29.4 Å². The van der Waals surface area contributed by atoms with Gasteiger partial charge in [0.2, 0.25) is 5.91 Å². The van der Waals surface area contributed by atoms with Crippen LogP contribution in [-0.2, 0) is 17.6 Å². The van der Waals surface area contributed by atoms with E-state index in [1.165, 1.54) is 11.3 Å². The van der Waals surface area contributed by atoms with E-state index in [1.54, 1.807) is 6.26 Å². The number of hydrogen-bond donors (Lipinski definition) is 1. The van der Waals surface area contributed by atoms with Gasteiger partial charge in [-0.05, 0) is 37.6 Å². The number of thiazole rings is 1. The molecule has 0 bridgehead atoms. The lowest BCUT2D eigenvalue weighted by Gasteiger charge is -2.12. The van der Waals surface area contributed by atoms with Gasteiger partial charge in [0.25, 0.3) is 0 Å². The van der Waals surface area contributed by atoms with E-state index >= 15 is 0 Å². The number of carbonyl (C=O) groups excluding carboxylic acids is 1.